The Morgan fingerprint density at radius 3 is 2.26 bits per heavy atom. The molecule has 4 nitrogen and oxygen atoms in total. The zero-order valence-corrected chi connectivity index (χ0v) is 13.7. The van der Waals surface area contributed by atoms with Crippen LogP contribution in [0.3, 0.4) is 0 Å². The lowest BCUT2D eigenvalue weighted by Crippen LogP contribution is -2.19. The van der Waals surface area contributed by atoms with Crippen LogP contribution < -0.4 is 10.5 Å². The third kappa shape index (κ3) is 5.12. The van der Waals surface area contributed by atoms with E-state index in [1.54, 1.807) is 6.07 Å². The maximum absolute atomic E-state index is 11.3. The SMILES string of the molecule is CCCC(CCC)Nc1ccc(S(N)(=O)=O)cc1Br. The van der Waals surface area contributed by atoms with Crippen molar-refractivity contribution in [1.29, 1.82) is 0 Å². The van der Waals surface area contributed by atoms with E-state index in [2.05, 4.69) is 35.1 Å². The van der Waals surface area contributed by atoms with E-state index in [1.165, 1.54) is 12.1 Å². The van der Waals surface area contributed by atoms with E-state index in [-0.39, 0.29) is 4.90 Å². The lowest BCUT2D eigenvalue weighted by atomic mass is 10.1. The van der Waals surface area contributed by atoms with Crippen LogP contribution in [0.15, 0.2) is 27.6 Å². The molecule has 0 aliphatic rings. The van der Waals surface area contributed by atoms with E-state index in [9.17, 15) is 8.42 Å². The number of nitrogens with one attached hydrogen (secondary N) is 1. The fraction of sp³-hybridized carbons (Fsp3) is 0.538. The summed E-state index contributed by atoms with van der Waals surface area (Å²) in [5.74, 6) is 0. The van der Waals surface area contributed by atoms with E-state index in [0.29, 0.717) is 6.04 Å². The van der Waals surface area contributed by atoms with Gasteiger partial charge in [-0.25, -0.2) is 13.6 Å². The number of primary sulfonamides is 1. The van der Waals surface area contributed by atoms with Crippen LogP contribution >= 0.6 is 15.9 Å². The molecule has 0 unspecified atom stereocenters. The summed E-state index contributed by atoms with van der Waals surface area (Å²) in [5, 5.41) is 8.55. The normalized spacial score (nSPS) is 11.8. The van der Waals surface area contributed by atoms with Crippen molar-refractivity contribution in [3.8, 4) is 0 Å². The molecule has 0 radical (unpaired) electrons. The van der Waals surface area contributed by atoms with Gasteiger partial charge in [0.25, 0.3) is 0 Å². The average molecular weight is 349 g/mol. The van der Waals surface area contributed by atoms with Gasteiger partial charge in [0, 0.05) is 16.2 Å². The van der Waals surface area contributed by atoms with Crippen molar-refractivity contribution in [3.63, 3.8) is 0 Å². The Kier molecular flexibility index (Phi) is 6.29. The Labute approximate surface area is 124 Å². The first kappa shape index (κ1) is 16.5. The lowest BCUT2D eigenvalue weighted by molar-refractivity contribution is 0.586. The summed E-state index contributed by atoms with van der Waals surface area (Å²) in [6.45, 7) is 4.31. The second-order valence-corrected chi connectivity index (χ2v) is 7.02. The van der Waals surface area contributed by atoms with Gasteiger partial charge in [0.15, 0.2) is 0 Å². The predicted octanol–water partition coefficient (Wildman–Crippen LogP) is 3.48. The molecule has 1 rings (SSSR count). The Balaban J connectivity index is 2.90. The number of hydrogen-bond acceptors (Lipinski definition) is 3. The number of halogens is 1. The Morgan fingerprint density at radius 2 is 1.84 bits per heavy atom. The monoisotopic (exact) mass is 348 g/mol. The molecule has 0 aliphatic carbocycles. The number of anilines is 1. The number of hydrogen-bond donors (Lipinski definition) is 2. The van der Waals surface area contributed by atoms with E-state index >= 15 is 0 Å². The lowest BCUT2D eigenvalue weighted by Gasteiger charge is -2.20. The highest BCUT2D eigenvalue weighted by Gasteiger charge is 2.12. The maximum Gasteiger partial charge on any atom is 0.238 e. The number of rotatable bonds is 7. The van der Waals surface area contributed by atoms with Gasteiger partial charge in [0.2, 0.25) is 10.0 Å². The molecule has 0 saturated heterocycles. The Morgan fingerprint density at radius 1 is 1.26 bits per heavy atom. The highest BCUT2D eigenvalue weighted by molar-refractivity contribution is 9.10. The zero-order valence-electron chi connectivity index (χ0n) is 11.3. The van der Waals surface area contributed by atoms with Crippen LogP contribution in [-0.2, 0) is 10.0 Å². The fourth-order valence-corrected chi connectivity index (χ4v) is 3.18. The van der Waals surface area contributed by atoms with Crippen LogP contribution in [-0.4, -0.2) is 14.5 Å². The van der Waals surface area contributed by atoms with Crippen molar-refractivity contribution in [3.05, 3.63) is 22.7 Å². The first-order valence-electron chi connectivity index (χ1n) is 6.47. The minimum Gasteiger partial charge on any atom is -0.381 e. The second kappa shape index (κ2) is 7.26. The third-order valence-electron chi connectivity index (χ3n) is 2.90. The van der Waals surface area contributed by atoms with Gasteiger partial charge < -0.3 is 5.32 Å². The van der Waals surface area contributed by atoms with Crippen LogP contribution in [0, 0.1) is 0 Å². The molecular weight excluding hydrogens is 328 g/mol. The smallest absolute Gasteiger partial charge is 0.238 e. The molecule has 108 valence electrons. The zero-order chi connectivity index (χ0) is 14.5. The molecular formula is C13H21BrN2O2S. The van der Waals surface area contributed by atoms with Crippen LogP contribution in [0.1, 0.15) is 39.5 Å². The van der Waals surface area contributed by atoms with Gasteiger partial charge in [-0.1, -0.05) is 26.7 Å². The molecule has 0 spiro atoms. The first-order chi connectivity index (χ1) is 8.88. The molecule has 0 saturated carbocycles. The van der Waals surface area contributed by atoms with Gasteiger partial charge in [0.05, 0.1) is 4.90 Å². The summed E-state index contributed by atoms with van der Waals surface area (Å²) in [6.07, 6.45) is 4.42. The quantitative estimate of drug-likeness (QED) is 0.792. The van der Waals surface area contributed by atoms with Crippen molar-refractivity contribution in [2.24, 2.45) is 5.14 Å². The van der Waals surface area contributed by atoms with Gasteiger partial charge in [-0.3, -0.25) is 0 Å². The van der Waals surface area contributed by atoms with Crippen LogP contribution in [0.25, 0.3) is 0 Å². The molecule has 3 N–H and O–H groups in total. The fourth-order valence-electron chi connectivity index (χ4n) is 2.00. The molecule has 0 amide bonds. The van der Waals surface area contributed by atoms with Crippen molar-refractivity contribution >= 4 is 31.6 Å². The molecule has 0 heterocycles. The summed E-state index contributed by atoms with van der Waals surface area (Å²) in [5.41, 5.74) is 0.902. The summed E-state index contributed by atoms with van der Waals surface area (Å²) < 4.78 is 23.2. The highest BCUT2D eigenvalue weighted by Crippen LogP contribution is 2.27. The summed E-state index contributed by atoms with van der Waals surface area (Å²) in [4.78, 5) is 0.118. The standard InChI is InChI=1S/C13H21BrN2O2S/c1-3-5-10(6-4-2)16-13-8-7-11(9-12(13)14)19(15,17)18/h7-10,16H,3-6H2,1-2H3,(H2,15,17,18). The van der Waals surface area contributed by atoms with Crippen molar-refractivity contribution in [2.45, 2.75) is 50.5 Å². The summed E-state index contributed by atoms with van der Waals surface area (Å²) in [6, 6.07) is 5.22. The predicted molar refractivity (Wildman–Crippen MR) is 82.7 cm³/mol. The number of benzene rings is 1. The van der Waals surface area contributed by atoms with E-state index in [0.717, 1.165) is 35.8 Å². The molecule has 0 aliphatic heterocycles. The second-order valence-electron chi connectivity index (χ2n) is 4.61. The largest absolute Gasteiger partial charge is 0.381 e. The molecule has 1 aromatic rings. The Hall–Kier alpha value is -0.590. The van der Waals surface area contributed by atoms with Crippen molar-refractivity contribution in [1.82, 2.24) is 0 Å². The first-order valence-corrected chi connectivity index (χ1v) is 8.81. The molecule has 19 heavy (non-hydrogen) atoms. The Bertz CT molecular complexity index is 511. The van der Waals surface area contributed by atoms with Crippen molar-refractivity contribution < 1.29 is 8.42 Å². The summed E-state index contributed by atoms with van der Waals surface area (Å²) in [7, 11) is -3.65. The van der Waals surface area contributed by atoms with Gasteiger partial charge >= 0.3 is 0 Å². The van der Waals surface area contributed by atoms with Crippen LogP contribution in [0.5, 0.6) is 0 Å². The topological polar surface area (TPSA) is 72.2 Å². The highest BCUT2D eigenvalue weighted by atomic mass is 79.9. The molecule has 1 aromatic carbocycles. The maximum atomic E-state index is 11.3. The van der Waals surface area contributed by atoms with E-state index < -0.39 is 10.0 Å². The summed E-state index contributed by atoms with van der Waals surface area (Å²) >= 11 is 3.39. The van der Waals surface area contributed by atoms with Gasteiger partial charge in [-0.15, -0.1) is 0 Å². The molecule has 0 fully saturated rings. The molecule has 0 bridgehead atoms. The number of nitrogens with two attached hydrogens (primary N) is 1. The molecule has 6 heteroatoms. The third-order valence-corrected chi connectivity index (χ3v) is 4.47. The minimum absolute atomic E-state index is 0.118. The van der Waals surface area contributed by atoms with Crippen LogP contribution in [0.4, 0.5) is 5.69 Å². The average Bonchev–Trinajstić information content (AvgIpc) is 2.31. The van der Waals surface area contributed by atoms with Crippen LogP contribution in [0.2, 0.25) is 0 Å². The molecule has 0 atom stereocenters. The molecule has 0 aromatic heterocycles. The van der Waals surface area contributed by atoms with Crippen molar-refractivity contribution in [2.75, 3.05) is 5.32 Å². The number of sulfonamides is 1. The van der Waals surface area contributed by atoms with Gasteiger partial charge in [-0.05, 0) is 47.0 Å². The van der Waals surface area contributed by atoms with Gasteiger partial charge in [-0.2, -0.15) is 0 Å². The van der Waals surface area contributed by atoms with E-state index in [4.69, 9.17) is 5.14 Å². The van der Waals surface area contributed by atoms with Gasteiger partial charge in [0.1, 0.15) is 0 Å². The van der Waals surface area contributed by atoms with E-state index in [1.807, 2.05) is 0 Å². The minimum atomic E-state index is -3.65.